The number of benzene rings is 1. The Kier molecular flexibility index (Phi) is 5.84. The van der Waals surface area contributed by atoms with Gasteiger partial charge in [0.2, 0.25) is 0 Å². The third kappa shape index (κ3) is 3.99. The zero-order valence-corrected chi connectivity index (χ0v) is 18.6. The van der Waals surface area contributed by atoms with Crippen LogP contribution in [-0.4, -0.2) is 74.3 Å². The lowest BCUT2D eigenvalue weighted by molar-refractivity contribution is -0.143. The summed E-state index contributed by atoms with van der Waals surface area (Å²) >= 11 is 0. The van der Waals surface area contributed by atoms with Crippen LogP contribution in [0.5, 0.6) is 5.75 Å². The van der Waals surface area contributed by atoms with Crippen molar-refractivity contribution in [2.24, 2.45) is 0 Å². The number of piperazine rings is 1. The molecule has 0 spiro atoms. The van der Waals surface area contributed by atoms with Gasteiger partial charge >= 0.3 is 12.3 Å². The number of halogens is 3. The summed E-state index contributed by atoms with van der Waals surface area (Å²) in [6.45, 7) is 3.29. The van der Waals surface area contributed by atoms with Gasteiger partial charge in [0, 0.05) is 36.8 Å². The smallest absolute Gasteiger partial charge is 0.433 e. The minimum absolute atomic E-state index is 0.0702. The highest BCUT2D eigenvalue weighted by molar-refractivity contribution is 6.00. The van der Waals surface area contributed by atoms with Crippen molar-refractivity contribution in [3.05, 3.63) is 47.3 Å². The molecule has 0 radical (unpaired) electrons. The number of ether oxygens (including phenoxy) is 1. The zero-order valence-electron chi connectivity index (χ0n) is 18.6. The Hall–Kier alpha value is -3.83. The first-order chi connectivity index (χ1) is 16.0. The maximum absolute atomic E-state index is 14.1. The summed E-state index contributed by atoms with van der Waals surface area (Å²) in [6, 6.07) is 5.94. The molecule has 3 heterocycles. The first-order valence-electron chi connectivity index (χ1n) is 10.4. The molecule has 0 unspecified atom stereocenters. The van der Waals surface area contributed by atoms with Crippen LogP contribution in [0.15, 0.2) is 30.5 Å². The standard InChI is InChI=1S/C22H22F3N5O4/c1-12-11-28(21(32)33)8-9-29(12)20(31)16-10-26-30-18(22(23,24)25)13(2)17(27-19(16)30)14-4-6-15(34-3)7-5-14/h4-7,10,12H,8-9,11H2,1-3H3,(H,32,33)/t12-/m1/s1. The van der Waals surface area contributed by atoms with E-state index in [1.54, 1.807) is 31.2 Å². The van der Waals surface area contributed by atoms with Gasteiger partial charge in [-0.3, -0.25) is 4.79 Å². The fraction of sp³-hybridized carbons (Fsp3) is 0.364. The number of hydrogen-bond donors (Lipinski definition) is 1. The van der Waals surface area contributed by atoms with Gasteiger partial charge in [-0.05, 0) is 38.1 Å². The SMILES string of the molecule is COc1ccc(-c2nc3c(C(=O)N4CCN(C(=O)O)C[C@H]4C)cnn3c(C(F)(F)F)c2C)cc1. The quantitative estimate of drug-likeness (QED) is 0.619. The van der Waals surface area contributed by atoms with Crippen molar-refractivity contribution in [2.45, 2.75) is 26.1 Å². The Bertz CT molecular complexity index is 1260. The van der Waals surface area contributed by atoms with Crippen molar-refractivity contribution in [2.75, 3.05) is 26.7 Å². The van der Waals surface area contributed by atoms with Gasteiger partial charge in [-0.1, -0.05) is 0 Å². The van der Waals surface area contributed by atoms with Gasteiger partial charge < -0.3 is 19.6 Å². The molecular formula is C22H22F3N5O4. The number of carboxylic acid groups (broad SMARTS) is 1. The van der Waals surface area contributed by atoms with E-state index in [-0.39, 0.29) is 42.1 Å². The van der Waals surface area contributed by atoms with Crippen molar-refractivity contribution < 1.29 is 32.6 Å². The molecule has 1 atom stereocenters. The van der Waals surface area contributed by atoms with Crippen LogP contribution in [0.2, 0.25) is 0 Å². The topological polar surface area (TPSA) is 100 Å². The average Bonchev–Trinajstić information content (AvgIpc) is 3.20. The summed E-state index contributed by atoms with van der Waals surface area (Å²) in [5.74, 6) is -0.0223. The Balaban J connectivity index is 1.83. The van der Waals surface area contributed by atoms with Crippen LogP contribution in [0, 0.1) is 6.92 Å². The van der Waals surface area contributed by atoms with E-state index < -0.39 is 29.9 Å². The summed E-state index contributed by atoms with van der Waals surface area (Å²) in [4.78, 5) is 31.6. The highest BCUT2D eigenvalue weighted by Gasteiger charge is 2.39. The number of carbonyl (C=O) groups excluding carboxylic acids is 1. The van der Waals surface area contributed by atoms with E-state index in [1.807, 2.05) is 0 Å². The molecule has 3 aromatic rings. The van der Waals surface area contributed by atoms with Crippen LogP contribution in [0.4, 0.5) is 18.0 Å². The highest BCUT2D eigenvalue weighted by Crippen LogP contribution is 2.37. The van der Waals surface area contributed by atoms with Crippen LogP contribution < -0.4 is 4.74 Å². The van der Waals surface area contributed by atoms with Crippen LogP contribution in [0.25, 0.3) is 16.9 Å². The maximum atomic E-state index is 14.1. The van der Waals surface area contributed by atoms with E-state index in [0.29, 0.717) is 15.8 Å². The first kappa shape index (κ1) is 23.3. The van der Waals surface area contributed by atoms with E-state index in [1.165, 1.54) is 23.8 Å². The second-order valence-electron chi connectivity index (χ2n) is 8.03. The van der Waals surface area contributed by atoms with E-state index >= 15 is 0 Å². The lowest BCUT2D eigenvalue weighted by atomic mass is 10.0. The van der Waals surface area contributed by atoms with Crippen molar-refractivity contribution in [3.8, 4) is 17.0 Å². The van der Waals surface area contributed by atoms with Gasteiger partial charge in [0.1, 0.15) is 11.3 Å². The van der Waals surface area contributed by atoms with Crippen LogP contribution in [0.3, 0.4) is 0 Å². The van der Waals surface area contributed by atoms with Crippen molar-refractivity contribution in [3.63, 3.8) is 0 Å². The molecule has 1 fully saturated rings. The molecular weight excluding hydrogens is 455 g/mol. The molecule has 0 aliphatic carbocycles. The number of rotatable bonds is 3. The predicted octanol–water partition coefficient (Wildman–Crippen LogP) is 3.56. The lowest BCUT2D eigenvalue weighted by Crippen LogP contribution is -2.55. The summed E-state index contributed by atoms with van der Waals surface area (Å²) < 4.78 is 48.0. The molecule has 0 bridgehead atoms. The third-order valence-electron chi connectivity index (χ3n) is 5.90. The largest absolute Gasteiger partial charge is 0.497 e. The number of hydrogen-bond acceptors (Lipinski definition) is 5. The summed E-state index contributed by atoms with van der Waals surface area (Å²) in [5.41, 5.74) is -0.963. The van der Waals surface area contributed by atoms with E-state index in [2.05, 4.69) is 10.1 Å². The molecule has 2 amide bonds. The van der Waals surface area contributed by atoms with Crippen LogP contribution in [0.1, 0.15) is 28.5 Å². The fourth-order valence-corrected chi connectivity index (χ4v) is 4.18. The number of fused-ring (bicyclic) bond motifs is 1. The number of alkyl halides is 3. The molecule has 34 heavy (non-hydrogen) atoms. The lowest BCUT2D eigenvalue weighted by Gasteiger charge is -2.38. The fourth-order valence-electron chi connectivity index (χ4n) is 4.18. The van der Waals surface area contributed by atoms with Crippen molar-refractivity contribution >= 4 is 17.6 Å². The number of nitrogens with zero attached hydrogens (tertiary/aromatic N) is 5. The van der Waals surface area contributed by atoms with Crippen LogP contribution >= 0.6 is 0 Å². The molecule has 1 aliphatic rings. The van der Waals surface area contributed by atoms with Crippen molar-refractivity contribution in [1.82, 2.24) is 24.4 Å². The molecule has 0 saturated carbocycles. The van der Waals surface area contributed by atoms with E-state index in [9.17, 15) is 27.9 Å². The van der Waals surface area contributed by atoms with Crippen LogP contribution in [-0.2, 0) is 6.18 Å². The van der Waals surface area contributed by atoms with Gasteiger partial charge in [-0.15, -0.1) is 0 Å². The molecule has 1 aromatic carbocycles. The number of carbonyl (C=O) groups is 2. The Morgan fingerprint density at radius 3 is 2.41 bits per heavy atom. The average molecular weight is 477 g/mol. The number of aromatic nitrogens is 3. The Morgan fingerprint density at radius 2 is 1.85 bits per heavy atom. The normalized spacial score (nSPS) is 16.7. The molecule has 1 N–H and O–H groups in total. The predicted molar refractivity (Wildman–Crippen MR) is 115 cm³/mol. The maximum Gasteiger partial charge on any atom is 0.433 e. The van der Waals surface area contributed by atoms with Crippen molar-refractivity contribution in [1.29, 1.82) is 0 Å². The summed E-state index contributed by atoms with van der Waals surface area (Å²) in [6.07, 6.45) is -4.77. The molecule has 9 nitrogen and oxygen atoms in total. The monoisotopic (exact) mass is 477 g/mol. The molecule has 2 aromatic heterocycles. The van der Waals surface area contributed by atoms with Gasteiger partial charge in [0.15, 0.2) is 11.3 Å². The Labute approximate surface area is 192 Å². The summed E-state index contributed by atoms with van der Waals surface area (Å²) in [7, 11) is 1.48. The minimum atomic E-state index is -4.75. The molecule has 180 valence electrons. The highest BCUT2D eigenvalue weighted by atomic mass is 19.4. The summed E-state index contributed by atoms with van der Waals surface area (Å²) in [5, 5.41) is 13.0. The number of amides is 2. The molecule has 12 heteroatoms. The zero-order chi connectivity index (χ0) is 24.8. The molecule has 4 rings (SSSR count). The van der Waals surface area contributed by atoms with E-state index in [4.69, 9.17) is 4.74 Å². The van der Waals surface area contributed by atoms with E-state index in [0.717, 1.165) is 6.20 Å². The van der Waals surface area contributed by atoms with Gasteiger partial charge in [-0.25, -0.2) is 14.3 Å². The Morgan fingerprint density at radius 1 is 1.18 bits per heavy atom. The second-order valence-corrected chi connectivity index (χ2v) is 8.03. The van der Waals surface area contributed by atoms with Gasteiger partial charge in [0.05, 0.1) is 19.0 Å². The minimum Gasteiger partial charge on any atom is -0.497 e. The third-order valence-corrected chi connectivity index (χ3v) is 5.90. The molecule has 1 saturated heterocycles. The molecule has 1 aliphatic heterocycles. The number of methoxy groups -OCH3 is 1. The van der Waals surface area contributed by atoms with Gasteiger partial charge in [0.25, 0.3) is 5.91 Å². The van der Waals surface area contributed by atoms with Gasteiger partial charge in [-0.2, -0.15) is 18.3 Å². The first-order valence-corrected chi connectivity index (χ1v) is 10.4. The second kappa shape index (κ2) is 8.50.